The third kappa shape index (κ3) is 5.10. The molecule has 0 spiro atoms. The van der Waals surface area contributed by atoms with E-state index >= 15 is 4.39 Å². The summed E-state index contributed by atoms with van der Waals surface area (Å²) >= 11 is 6.15. The summed E-state index contributed by atoms with van der Waals surface area (Å²) in [5, 5.41) is 14.0. The van der Waals surface area contributed by atoms with Crippen molar-refractivity contribution < 1.29 is 18.8 Å². The Morgan fingerprint density at radius 1 is 1.21 bits per heavy atom. The van der Waals surface area contributed by atoms with Crippen molar-refractivity contribution in [2.45, 2.75) is 0 Å². The van der Waals surface area contributed by atoms with Crippen LogP contribution in [-0.4, -0.2) is 60.1 Å². The summed E-state index contributed by atoms with van der Waals surface area (Å²) in [5.74, 6) is -0.223. The smallest absolute Gasteiger partial charge is 0.273 e. The molecular weight excluding hydrogens is 467 g/mol. The van der Waals surface area contributed by atoms with Crippen molar-refractivity contribution in [2.75, 3.05) is 50.6 Å². The zero-order valence-corrected chi connectivity index (χ0v) is 19.3. The van der Waals surface area contributed by atoms with Gasteiger partial charge in [-0.25, -0.2) is 9.37 Å². The van der Waals surface area contributed by atoms with Crippen LogP contribution in [-0.2, 0) is 0 Å². The van der Waals surface area contributed by atoms with Crippen LogP contribution in [0.2, 0.25) is 5.02 Å². The third-order valence-electron chi connectivity index (χ3n) is 5.33. The summed E-state index contributed by atoms with van der Waals surface area (Å²) in [6.45, 7) is 3.10. The second kappa shape index (κ2) is 10.1. The molecule has 1 N–H and O–H groups in total. The van der Waals surface area contributed by atoms with Gasteiger partial charge in [-0.1, -0.05) is 17.7 Å². The van der Waals surface area contributed by atoms with Crippen LogP contribution in [0, 0.1) is 15.9 Å². The number of nitrogens with zero attached hydrogens (tertiary/aromatic N) is 5. The summed E-state index contributed by atoms with van der Waals surface area (Å²) in [6.07, 6.45) is 1.31. The van der Waals surface area contributed by atoms with E-state index in [1.165, 1.54) is 37.6 Å². The van der Waals surface area contributed by atoms with Gasteiger partial charge in [-0.05, 0) is 25.2 Å². The van der Waals surface area contributed by atoms with Crippen molar-refractivity contribution in [3.05, 3.63) is 63.5 Å². The number of nitro benzene ring substituents is 1. The van der Waals surface area contributed by atoms with Gasteiger partial charge >= 0.3 is 0 Å². The molecule has 2 heterocycles. The highest BCUT2D eigenvalue weighted by atomic mass is 35.5. The summed E-state index contributed by atoms with van der Waals surface area (Å²) in [4.78, 5) is 23.0. The molecule has 34 heavy (non-hydrogen) atoms. The van der Waals surface area contributed by atoms with E-state index in [2.05, 4.69) is 20.2 Å². The summed E-state index contributed by atoms with van der Waals surface area (Å²) in [6, 6.07) is 8.98. The van der Waals surface area contributed by atoms with Crippen molar-refractivity contribution >= 4 is 34.6 Å². The summed E-state index contributed by atoms with van der Waals surface area (Å²) in [5.41, 5.74) is 0.644. The number of hydrogen-bond acceptors (Lipinski definition) is 9. The number of ether oxygens (including phenoxy) is 2. The molecule has 4 rings (SSSR count). The SMILES string of the molecule is COc1c(Nc2ncc(Cl)c(Oc3cccc([N+](=O)[O-])c3)n2)ccc(N2CCN(C)CC2)c1F. The van der Waals surface area contributed by atoms with Crippen molar-refractivity contribution in [2.24, 2.45) is 0 Å². The van der Waals surface area contributed by atoms with E-state index in [-0.39, 0.29) is 34.0 Å². The zero-order valence-electron chi connectivity index (χ0n) is 18.5. The maximum atomic E-state index is 15.3. The van der Waals surface area contributed by atoms with E-state index < -0.39 is 10.7 Å². The molecule has 0 aliphatic carbocycles. The van der Waals surface area contributed by atoms with Gasteiger partial charge in [-0.3, -0.25) is 10.1 Å². The highest BCUT2D eigenvalue weighted by Crippen LogP contribution is 2.37. The maximum Gasteiger partial charge on any atom is 0.273 e. The molecule has 0 bridgehead atoms. The molecule has 0 radical (unpaired) electrons. The standard InChI is InChI=1S/C22H22ClFN6O4/c1-28-8-10-29(11-9-28)18-7-6-17(20(33-2)19(18)24)26-22-25-13-16(23)21(27-22)34-15-5-3-4-14(12-15)30(31)32/h3-7,12-13H,8-11H2,1-2H3,(H,25,26,27). The number of rotatable bonds is 7. The number of benzene rings is 2. The van der Waals surface area contributed by atoms with E-state index in [9.17, 15) is 10.1 Å². The minimum Gasteiger partial charge on any atom is -0.492 e. The topological polar surface area (TPSA) is 106 Å². The van der Waals surface area contributed by atoms with Crippen LogP contribution in [0.3, 0.4) is 0 Å². The van der Waals surface area contributed by atoms with E-state index in [1.807, 2.05) is 11.9 Å². The van der Waals surface area contributed by atoms with Crippen LogP contribution in [0.25, 0.3) is 0 Å². The van der Waals surface area contributed by atoms with Gasteiger partial charge < -0.3 is 24.6 Å². The number of anilines is 3. The molecule has 1 aliphatic rings. The van der Waals surface area contributed by atoms with Gasteiger partial charge in [0.1, 0.15) is 10.8 Å². The number of halogens is 2. The number of nitro groups is 1. The number of piperazine rings is 1. The normalized spacial score (nSPS) is 14.1. The van der Waals surface area contributed by atoms with E-state index in [4.69, 9.17) is 21.1 Å². The van der Waals surface area contributed by atoms with Crippen molar-refractivity contribution in [1.29, 1.82) is 0 Å². The molecule has 0 atom stereocenters. The lowest BCUT2D eigenvalue weighted by Crippen LogP contribution is -2.44. The fourth-order valence-electron chi connectivity index (χ4n) is 3.51. The lowest BCUT2D eigenvalue weighted by Gasteiger charge is -2.34. The second-order valence-corrected chi connectivity index (χ2v) is 8.01. The van der Waals surface area contributed by atoms with Crippen LogP contribution < -0.4 is 19.7 Å². The van der Waals surface area contributed by atoms with Crippen LogP contribution in [0.4, 0.5) is 27.4 Å². The van der Waals surface area contributed by atoms with E-state index in [0.29, 0.717) is 24.5 Å². The zero-order chi connectivity index (χ0) is 24.2. The lowest BCUT2D eigenvalue weighted by molar-refractivity contribution is -0.384. The first kappa shape index (κ1) is 23.5. The van der Waals surface area contributed by atoms with Crippen LogP contribution in [0.1, 0.15) is 0 Å². The van der Waals surface area contributed by atoms with Crippen molar-refractivity contribution in [3.63, 3.8) is 0 Å². The van der Waals surface area contributed by atoms with Crippen LogP contribution >= 0.6 is 11.6 Å². The first-order valence-corrected chi connectivity index (χ1v) is 10.8. The number of non-ortho nitro benzene ring substituents is 1. The van der Waals surface area contributed by atoms with E-state index in [1.54, 1.807) is 12.1 Å². The first-order chi connectivity index (χ1) is 16.4. The van der Waals surface area contributed by atoms with Gasteiger partial charge in [-0.15, -0.1) is 0 Å². The highest BCUT2D eigenvalue weighted by Gasteiger charge is 2.22. The molecule has 10 nitrogen and oxygen atoms in total. The Bertz CT molecular complexity index is 1210. The fourth-order valence-corrected chi connectivity index (χ4v) is 3.64. The molecule has 1 aliphatic heterocycles. The molecule has 2 aromatic carbocycles. The Morgan fingerprint density at radius 3 is 2.68 bits per heavy atom. The first-order valence-electron chi connectivity index (χ1n) is 10.4. The number of hydrogen-bond donors (Lipinski definition) is 1. The van der Waals surface area contributed by atoms with Gasteiger partial charge in [0.15, 0.2) is 11.6 Å². The van der Waals surface area contributed by atoms with Gasteiger partial charge in [0, 0.05) is 32.2 Å². The molecular formula is C22H22ClFN6O4. The Balaban J connectivity index is 1.57. The van der Waals surface area contributed by atoms with E-state index in [0.717, 1.165) is 13.1 Å². The molecule has 0 amide bonds. The predicted molar refractivity (Wildman–Crippen MR) is 126 cm³/mol. The Hall–Kier alpha value is -3.70. The minimum atomic E-state index is -0.534. The average molecular weight is 489 g/mol. The monoisotopic (exact) mass is 488 g/mol. The largest absolute Gasteiger partial charge is 0.492 e. The van der Waals surface area contributed by atoms with Gasteiger partial charge in [0.05, 0.1) is 35.7 Å². The summed E-state index contributed by atoms with van der Waals surface area (Å²) < 4.78 is 26.2. The quantitative estimate of drug-likeness (QED) is 0.380. The highest BCUT2D eigenvalue weighted by molar-refractivity contribution is 6.31. The van der Waals surface area contributed by atoms with Crippen LogP contribution in [0.5, 0.6) is 17.4 Å². The number of likely N-dealkylation sites (N-methyl/N-ethyl adjacent to an activating group) is 1. The summed E-state index contributed by atoms with van der Waals surface area (Å²) in [7, 11) is 3.42. The van der Waals surface area contributed by atoms with Gasteiger partial charge in [-0.2, -0.15) is 4.98 Å². The van der Waals surface area contributed by atoms with Crippen molar-refractivity contribution in [3.8, 4) is 17.4 Å². The average Bonchev–Trinajstić information content (AvgIpc) is 2.82. The number of methoxy groups -OCH3 is 1. The lowest BCUT2D eigenvalue weighted by atomic mass is 10.2. The van der Waals surface area contributed by atoms with Gasteiger partial charge in [0.2, 0.25) is 11.8 Å². The molecule has 178 valence electrons. The predicted octanol–water partition coefficient (Wildman–Crippen LogP) is 4.47. The molecule has 1 fully saturated rings. The Kier molecular flexibility index (Phi) is 6.94. The molecule has 1 aromatic heterocycles. The van der Waals surface area contributed by atoms with Crippen molar-refractivity contribution in [1.82, 2.24) is 14.9 Å². The third-order valence-corrected chi connectivity index (χ3v) is 5.59. The maximum absolute atomic E-state index is 15.3. The molecule has 1 saturated heterocycles. The molecule has 0 unspecified atom stereocenters. The molecule has 12 heteroatoms. The van der Waals surface area contributed by atoms with Crippen LogP contribution in [0.15, 0.2) is 42.6 Å². The molecule has 3 aromatic rings. The fraction of sp³-hybridized carbons (Fsp3) is 0.273. The van der Waals surface area contributed by atoms with Gasteiger partial charge in [0.25, 0.3) is 5.69 Å². The Morgan fingerprint density at radius 2 is 1.97 bits per heavy atom. The number of nitrogens with one attached hydrogen (secondary N) is 1. The number of aromatic nitrogens is 2. The minimum absolute atomic E-state index is 0.0202. The molecule has 0 saturated carbocycles. The second-order valence-electron chi connectivity index (χ2n) is 7.60. The Labute approximate surface area is 200 Å².